The first-order chi connectivity index (χ1) is 11.2. The summed E-state index contributed by atoms with van der Waals surface area (Å²) in [5.74, 6) is 0.847. The van der Waals surface area contributed by atoms with Gasteiger partial charge in [0.05, 0.1) is 5.56 Å². The van der Waals surface area contributed by atoms with E-state index in [0.29, 0.717) is 6.04 Å². The van der Waals surface area contributed by atoms with Crippen molar-refractivity contribution in [3.05, 3.63) is 42.2 Å². The van der Waals surface area contributed by atoms with Crippen LogP contribution in [0.1, 0.15) is 30.6 Å². The Morgan fingerprint density at radius 3 is 2.83 bits per heavy atom. The molecule has 1 N–H and O–H groups in total. The zero-order valence-electron chi connectivity index (χ0n) is 13.8. The largest absolute Gasteiger partial charge is 0.345 e. The van der Waals surface area contributed by atoms with Gasteiger partial charge in [-0.3, -0.25) is 9.69 Å². The zero-order valence-corrected chi connectivity index (χ0v) is 13.8. The van der Waals surface area contributed by atoms with Crippen molar-refractivity contribution < 1.29 is 4.79 Å². The molecule has 1 saturated heterocycles. The highest BCUT2D eigenvalue weighted by Gasteiger charge is 2.30. The van der Waals surface area contributed by atoms with E-state index in [1.54, 1.807) is 12.4 Å². The molecule has 1 fully saturated rings. The van der Waals surface area contributed by atoms with Crippen LogP contribution < -0.4 is 0 Å². The third-order valence-corrected chi connectivity index (χ3v) is 4.69. The lowest BCUT2D eigenvalue weighted by Crippen LogP contribution is -2.38. The van der Waals surface area contributed by atoms with E-state index in [-0.39, 0.29) is 5.91 Å². The van der Waals surface area contributed by atoms with Gasteiger partial charge in [0.2, 0.25) is 0 Å². The van der Waals surface area contributed by atoms with Crippen LogP contribution in [0.15, 0.2) is 36.7 Å². The molecule has 5 heteroatoms. The maximum Gasteiger partial charge on any atom is 0.254 e. The Bertz CT molecular complexity index is 649. The van der Waals surface area contributed by atoms with Crippen LogP contribution in [0.25, 0.3) is 11.4 Å². The molecule has 122 valence electrons. The van der Waals surface area contributed by atoms with E-state index in [0.717, 1.165) is 49.6 Å². The molecular formula is C18H24N4O. The molecule has 3 rings (SSSR count). The van der Waals surface area contributed by atoms with Gasteiger partial charge >= 0.3 is 0 Å². The predicted octanol–water partition coefficient (Wildman–Crippen LogP) is 2.63. The first kappa shape index (κ1) is 15.7. The van der Waals surface area contributed by atoms with Crippen LogP contribution >= 0.6 is 0 Å². The van der Waals surface area contributed by atoms with Crippen LogP contribution in [-0.4, -0.2) is 57.9 Å². The van der Waals surface area contributed by atoms with Gasteiger partial charge in [-0.1, -0.05) is 32.0 Å². The number of benzene rings is 1. The van der Waals surface area contributed by atoms with Gasteiger partial charge in [0.15, 0.2) is 0 Å². The molecule has 1 atom stereocenters. The molecular weight excluding hydrogens is 288 g/mol. The van der Waals surface area contributed by atoms with E-state index in [4.69, 9.17) is 0 Å². The monoisotopic (exact) mass is 312 g/mol. The first-order valence-electron chi connectivity index (χ1n) is 8.36. The third kappa shape index (κ3) is 3.15. The standard InChI is InChI=1S/C18H24N4O/c1-3-21(4-2)14-9-12-22(13-14)18(23)16-8-6-5-7-15(16)17-19-10-11-20-17/h5-8,10-11,14H,3-4,9,12-13H2,1-2H3,(H,19,20)/t14-/m1/s1. The molecule has 0 radical (unpaired) electrons. The molecule has 2 aromatic rings. The second-order valence-electron chi connectivity index (χ2n) is 5.90. The number of likely N-dealkylation sites (N-methyl/N-ethyl adjacent to an activating group) is 1. The van der Waals surface area contributed by atoms with Crippen molar-refractivity contribution in [1.29, 1.82) is 0 Å². The van der Waals surface area contributed by atoms with Crippen LogP contribution in [0.4, 0.5) is 0 Å². The van der Waals surface area contributed by atoms with Gasteiger partial charge in [-0.15, -0.1) is 0 Å². The Labute approximate surface area is 137 Å². The number of hydrogen-bond acceptors (Lipinski definition) is 3. The van der Waals surface area contributed by atoms with Crippen LogP contribution in [0, 0.1) is 0 Å². The fourth-order valence-corrected chi connectivity index (χ4v) is 3.42. The Kier molecular flexibility index (Phi) is 4.76. The Morgan fingerprint density at radius 2 is 2.13 bits per heavy atom. The first-order valence-corrected chi connectivity index (χ1v) is 8.36. The molecule has 0 spiro atoms. The number of hydrogen-bond donors (Lipinski definition) is 1. The molecule has 1 aliphatic heterocycles. The van der Waals surface area contributed by atoms with Crippen molar-refractivity contribution in [3.8, 4) is 11.4 Å². The molecule has 0 aliphatic carbocycles. The van der Waals surface area contributed by atoms with E-state index in [2.05, 4.69) is 28.7 Å². The number of carbonyl (C=O) groups excluding carboxylic acids is 1. The Balaban J connectivity index is 1.80. The van der Waals surface area contributed by atoms with E-state index < -0.39 is 0 Å². The number of amides is 1. The lowest BCUT2D eigenvalue weighted by molar-refractivity contribution is 0.0778. The molecule has 5 nitrogen and oxygen atoms in total. The average molecular weight is 312 g/mol. The third-order valence-electron chi connectivity index (χ3n) is 4.69. The van der Waals surface area contributed by atoms with Crippen molar-refractivity contribution in [2.24, 2.45) is 0 Å². The molecule has 0 saturated carbocycles. The summed E-state index contributed by atoms with van der Waals surface area (Å²) < 4.78 is 0. The molecule has 1 amide bonds. The summed E-state index contributed by atoms with van der Waals surface area (Å²) in [5.41, 5.74) is 1.59. The van der Waals surface area contributed by atoms with Crippen molar-refractivity contribution in [1.82, 2.24) is 19.8 Å². The summed E-state index contributed by atoms with van der Waals surface area (Å²) >= 11 is 0. The summed E-state index contributed by atoms with van der Waals surface area (Å²) in [6, 6.07) is 8.17. The lowest BCUT2D eigenvalue weighted by atomic mass is 10.1. The number of rotatable bonds is 5. The second-order valence-corrected chi connectivity index (χ2v) is 5.90. The molecule has 1 aromatic carbocycles. The van der Waals surface area contributed by atoms with Gasteiger partial charge in [-0.25, -0.2) is 4.98 Å². The number of nitrogens with zero attached hydrogens (tertiary/aromatic N) is 3. The van der Waals surface area contributed by atoms with Crippen LogP contribution in [-0.2, 0) is 0 Å². The van der Waals surface area contributed by atoms with Crippen LogP contribution in [0.2, 0.25) is 0 Å². The highest BCUT2D eigenvalue weighted by atomic mass is 16.2. The fourth-order valence-electron chi connectivity index (χ4n) is 3.42. The Hall–Kier alpha value is -2.14. The van der Waals surface area contributed by atoms with Crippen molar-refractivity contribution >= 4 is 5.91 Å². The van der Waals surface area contributed by atoms with Gasteiger partial charge in [0, 0.05) is 37.1 Å². The minimum absolute atomic E-state index is 0.103. The SMILES string of the molecule is CCN(CC)[C@@H]1CCN(C(=O)c2ccccc2-c2ncc[nH]2)C1. The highest BCUT2D eigenvalue weighted by molar-refractivity contribution is 6.00. The molecule has 23 heavy (non-hydrogen) atoms. The molecule has 0 bridgehead atoms. The number of nitrogens with one attached hydrogen (secondary N) is 1. The van der Waals surface area contributed by atoms with Crippen molar-refractivity contribution in [3.63, 3.8) is 0 Å². The van der Waals surface area contributed by atoms with Crippen molar-refractivity contribution in [2.75, 3.05) is 26.2 Å². The maximum absolute atomic E-state index is 13.0. The van der Waals surface area contributed by atoms with Crippen LogP contribution in [0.5, 0.6) is 0 Å². The predicted molar refractivity (Wildman–Crippen MR) is 91.3 cm³/mol. The van der Waals surface area contributed by atoms with Gasteiger partial charge in [-0.05, 0) is 25.6 Å². The minimum atomic E-state index is 0.103. The van der Waals surface area contributed by atoms with E-state index in [1.165, 1.54) is 0 Å². The number of aromatic nitrogens is 2. The van der Waals surface area contributed by atoms with E-state index in [9.17, 15) is 4.79 Å². The summed E-state index contributed by atoms with van der Waals surface area (Å²) in [6.45, 7) is 8.07. The summed E-state index contributed by atoms with van der Waals surface area (Å²) in [5, 5.41) is 0. The van der Waals surface area contributed by atoms with Crippen LogP contribution in [0.3, 0.4) is 0 Å². The summed E-state index contributed by atoms with van der Waals surface area (Å²) in [7, 11) is 0. The van der Waals surface area contributed by atoms with Gasteiger partial charge in [-0.2, -0.15) is 0 Å². The number of imidazole rings is 1. The van der Waals surface area contributed by atoms with E-state index in [1.807, 2.05) is 29.2 Å². The quantitative estimate of drug-likeness (QED) is 0.923. The summed E-state index contributed by atoms with van der Waals surface area (Å²) in [6.07, 6.45) is 4.54. The van der Waals surface area contributed by atoms with Gasteiger partial charge < -0.3 is 9.88 Å². The number of aromatic amines is 1. The highest BCUT2D eigenvalue weighted by Crippen LogP contribution is 2.24. The van der Waals surface area contributed by atoms with Gasteiger partial charge in [0.1, 0.15) is 5.82 Å². The number of carbonyl (C=O) groups is 1. The molecule has 0 unspecified atom stereocenters. The molecule has 2 heterocycles. The fraction of sp³-hybridized carbons (Fsp3) is 0.444. The average Bonchev–Trinajstić information content (AvgIpc) is 3.27. The van der Waals surface area contributed by atoms with Crippen molar-refractivity contribution in [2.45, 2.75) is 26.3 Å². The summed E-state index contributed by atoms with van der Waals surface area (Å²) in [4.78, 5) is 24.8. The van der Waals surface area contributed by atoms with Gasteiger partial charge in [0.25, 0.3) is 5.91 Å². The topological polar surface area (TPSA) is 52.2 Å². The van der Waals surface area contributed by atoms with E-state index >= 15 is 0 Å². The smallest absolute Gasteiger partial charge is 0.254 e. The maximum atomic E-state index is 13.0. The lowest BCUT2D eigenvalue weighted by Gasteiger charge is -2.26. The normalized spacial score (nSPS) is 17.9. The zero-order chi connectivity index (χ0) is 16.2. The molecule has 1 aliphatic rings. The number of likely N-dealkylation sites (tertiary alicyclic amines) is 1. The Morgan fingerprint density at radius 1 is 1.35 bits per heavy atom. The second kappa shape index (κ2) is 6.96. The molecule has 1 aromatic heterocycles. The minimum Gasteiger partial charge on any atom is -0.345 e. The number of H-pyrrole nitrogens is 1.